The lowest BCUT2D eigenvalue weighted by Crippen LogP contribution is -2.57. The first-order valence-electron chi connectivity index (χ1n) is 14.2. The number of alkyl halides is 2. The molecule has 1 fully saturated rings. The number of imide groups is 1. The monoisotopic (exact) mass is 638 g/mol. The van der Waals surface area contributed by atoms with E-state index in [1.54, 1.807) is 30.3 Å². The maximum Gasteiger partial charge on any atom is 0.338 e. The second-order valence-corrected chi connectivity index (χ2v) is 12.4. The van der Waals surface area contributed by atoms with Crippen LogP contribution >= 0.6 is 23.2 Å². The highest BCUT2D eigenvalue weighted by Gasteiger charge is 2.73. The highest BCUT2D eigenvalue weighted by Crippen LogP contribution is 2.69. The van der Waals surface area contributed by atoms with E-state index in [9.17, 15) is 24.0 Å². The molecule has 10 heteroatoms. The average molecular weight is 639 g/mol. The minimum atomic E-state index is -1.33. The summed E-state index contributed by atoms with van der Waals surface area (Å²) in [5.41, 5.74) is 3.65. The van der Waals surface area contributed by atoms with Crippen molar-refractivity contribution in [2.45, 2.75) is 9.75 Å². The third kappa shape index (κ3) is 4.31. The van der Waals surface area contributed by atoms with Gasteiger partial charge in [-0.05, 0) is 46.5 Å². The van der Waals surface area contributed by atoms with Crippen molar-refractivity contribution in [1.82, 2.24) is 4.90 Å². The van der Waals surface area contributed by atoms with Gasteiger partial charge in [0.1, 0.15) is 16.3 Å². The summed E-state index contributed by atoms with van der Waals surface area (Å²) in [4.78, 5) is 63.9. The Labute approximate surface area is 267 Å². The van der Waals surface area contributed by atoms with E-state index >= 15 is 0 Å². The molecule has 2 atom stereocenters. The standard InChI is InChI=1S/C35H24Cl2N2O6/c36-34-23-10-4-5-11-24(23)35(37,26-13-7-6-12-25(26)34)30-29(34)31(42)39(32(30)43)18-28(41)38-22-16-14-21(15-17-22)33(44)45-19-27(40)20-8-2-1-3-9-20/h1-17,29-30H,18-19H2,(H,38,41)/t29-,30-,34?,35?/m0/s1. The number of anilines is 1. The van der Waals surface area contributed by atoms with Crippen molar-refractivity contribution >= 4 is 58.4 Å². The van der Waals surface area contributed by atoms with Gasteiger partial charge in [0.15, 0.2) is 12.4 Å². The number of carbonyl (C=O) groups is 5. The zero-order chi connectivity index (χ0) is 31.5. The van der Waals surface area contributed by atoms with E-state index in [4.69, 9.17) is 27.9 Å². The van der Waals surface area contributed by atoms with E-state index in [1.165, 1.54) is 24.3 Å². The maximum atomic E-state index is 13.9. The molecular formula is C35H24Cl2N2O6. The molecule has 0 aromatic heterocycles. The summed E-state index contributed by atoms with van der Waals surface area (Å²) in [5, 5.41) is 2.66. The van der Waals surface area contributed by atoms with Gasteiger partial charge in [-0.3, -0.25) is 24.1 Å². The number of benzene rings is 4. The number of hydrogen-bond acceptors (Lipinski definition) is 6. The number of halogens is 2. The molecule has 8 rings (SSSR count). The molecule has 4 aliphatic rings. The number of rotatable bonds is 7. The molecule has 45 heavy (non-hydrogen) atoms. The van der Waals surface area contributed by atoms with Gasteiger partial charge in [-0.15, -0.1) is 23.2 Å². The van der Waals surface area contributed by atoms with Gasteiger partial charge in [0.25, 0.3) is 0 Å². The number of nitrogens with one attached hydrogen (secondary N) is 1. The molecule has 0 spiro atoms. The van der Waals surface area contributed by atoms with Crippen LogP contribution in [0.3, 0.4) is 0 Å². The van der Waals surface area contributed by atoms with Crippen molar-refractivity contribution < 1.29 is 28.7 Å². The SMILES string of the molecule is O=C(CN1C(=O)[C@@H]2[C@@H](C1=O)C1(Cl)c3ccccc3C2(Cl)c2ccccc21)Nc1ccc(C(=O)OCC(=O)c2ccccc2)cc1. The van der Waals surface area contributed by atoms with Crippen LogP contribution in [0.1, 0.15) is 43.0 Å². The third-order valence-electron chi connectivity index (χ3n) is 8.81. The van der Waals surface area contributed by atoms with Crippen LogP contribution in [0.5, 0.6) is 0 Å². The molecule has 0 saturated carbocycles. The lowest BCUT2D eigenvalue weighted by atomic mass is 9.54. The summed E-state index contributed by atoms with van der Waals surface area (Å²) < 4.78 is 5.13. The second kappa shape index (κ2) is 10.7. The fourth-order valence-electron chi connectivity index (χ4n) is 6.84. The lowest BCUT2D eigenvalue weighted by molar-refractivity contribution is -0.142. The molecule has 1 N–H and O–H groups in total. The van der Waals surface area contributed by atoms with Crippen LogP contribution in [-0.4, -0.2) is 47.5 Å². The number of amides is 3. The third-order valence-corrected chi connectivity index (χ3v) is 10.1. The van der Waals surface area contributed by atoms with Crippen LogP contribution in [0, 0.1) is 11.8 Å². The van der Waals surface area contributed by atoms with Gasteiger partial charge in [-0.25, -0.2) is 4.79 Å². The zero-order valence-electron chi connectivity index (χ0n) is 23.5. The molecule has 0 unspecified atom stereocenters. The average Bonchev–Trinajstić information content (AvgIpc) is 3.32. The Hall–Kier alpha value is -4.79. The van der Waals surface area contributed by atoms with Gasteiger partial charge in [-0.2, -0.15) is 0 Å². The Morgan fingerprint density at radius 2 is 1.13 bits per heavy atom. The number of nitrogens with zero attached hydrogens (tertiary/aromatic N) is 1. The number of esters is 1. The Morgan fingerprint density at radius 1 is 0.667 bits per heavy atom. The molecule has 1 heterocycles. The molecule has 3 amide bonds. The molecule has 1 saturated heterocycles. The Kier molecular flexibility index (Phi) is 6.87. The summed E-state index contributed by atoms with van der Waals surface area (Å²) in [5.74, 6) is -4.77. The molecule has 0 radical (unpaired) electrons. The summed E-state index contributed by atoms with van der Waals surface area (Å²) in [6.45, 7) is -0.951. The Morgan fingerprint density at radius 3 is 1.62 bits per heavy atom. The second-order valence-electron chi connectivity index (χ2n) is 11.2. The number of ether oxygens (including phenoxy) is 1. The van der Waals surface area contributed by atoms with Gasteiger partial charge in [0.05, 0.1) is 17.4 Å². The van der Waals surface area contributed by atoms with E-state index in [0.29, 0.717) is 33.5 Å². The first-order valence-corrected chi connectivity index (χ1v) is 15.0. The van der Waals surface area contributed by atoms with Gasteiger partial charge in [0, 0.05) is 11.3 Å². The normalized spacial score (nSPS) is 24.0. The van der Waals surface area contributed by atoms with Gasteiger partial charge >= 0.3 is 5.97 Å². The van der Waals surface area contributed by atoms with Crippen LogP contribution in [0.25, 0.3) is 0 Å². The maximum absolute atomic E-state index is 13.9. The van der Waals surface area contributed by atoms with Crippen LogP contribution in [-0.2, 0) is 28.9 Å². The lowest BCUT2D eigenvalue weighted by Gasteiger charge is -2.54. The summed E-state index contributed by atoms with van der Waals surface area (Å²) in [6.07, 6.45) is 0. The molecule has 4 aromatic rings. The number of carbonyl (C=O) groups excluding carboxylic acids is 5. The highest BCUT2D eigenvalue weighted by atomic mass is 35.5. The number of hydrogen-bond donors (Lipinski definition) is 1. The van der Waals surface area contributed by atoms with E-state index < -0.39 is 58.4 Å². The largest absolute Gasteiger partial charge is 0.454 e. The van der Waals surface area contributed by atoms with Gasteiger partial charge in [0.2, 0.25) is 17.7 Å². The minimum Gasteiger partial charge on any atom is -0.454 e. The van der Waals surface area contributed by atoms with Gasteiger partial charge in [-0.1, -0.05) is 78.9 Å². The van der Waals surface area contributed by atoms with E-state index in [1.807, 2.05) is 48.5 Å². The van der Waals surface area contributed by atoms with Crippen molar-refractivity contribution in [2.24, 2.45) is 11.8 Å². The zero-order valence-corrected chi connectivity index (χ0v) is 25.0. The van der Waals surface area contributed by atoms with Crippen molar-refractivity contribution in [2.75, 3.05) is 18.5 Å². The number of ketones is 1. The van der Waals surface area contributed by atoms with Crippen molar-refractivity contribution in [1.29, 1.82) is 0 Å². The summed E-state index contributed by atoms with van der Waals surface area (Å²) in [6, 6.07) is 28.9. The fourth-order valence-corrected chi connectivity index (χ4v) is 7.93. The summed E-state index contributed by atoms with van der Waals surface area (Å²) >= 11 is 14.8. The Balaban J connectivity index is 1.06. The smallest absolute Gasteiger partial charge is 0.338 e. The van der Waals surface area contributed by atoms with Crippen LogP contribution in [0.15, 0.2) is 103 Å². The predicted octanol–water partition coefficient (Wildman–Crippen LogP) is 5.26. The highest BCUT2D eigenvalue weighted by molar-refractivity contribution is 6.36. The molecule has 1 aliphatic heterocycles. The van der Waals surface area contributed by atoms with Crippen molar-refractivity contribution in [3.8, 4) is 0 Å². The Bertz CT molecular complexity index is 1790. The molecule has 8 nitrogen and oxygen atoms in total. The quantitative estimate of drug-likeness (QED) is 0.128. The first kappa shape index (κ1) is 29.0. The van der Waals surface area contributed by atoms with E-state index in [2.05, 4.69) is 5.32 Å². The molecule has 4 aromatic carbocycles. The minimum absolute atomic E-state index is 0.178. The molecule has 2 bridgehead atoms. The number of likely N-dealkylation sites (tertiary alicyclic amines) is 1. The van der Waals surface area contributed by atoms with E-state index in [-0.39, 0.29) is 11.3 Å². The number of Topliss-reactive ketones (excluding diaryl/α,β-unsaturated/α-hetero) is 1. The van der Waals surface area contributed by atoms with Crippen LogP contribution in [0.2, 0.25) is 0 Å². The molecule has 3 aliphatic carbocycles. The van der Waals surface area contributed by atoms with Crippen LogP contribution < -0.4 is 5.32 Å². The van der Waals surface area contributed by atoms with Crippen molar-refractivity contribution in [3.63, 3.8) is 0 Å². The summed E-state index contributed by atoms with van der Waals surface area (Å²) in [7, 11) is 0. The molecule has 224 valence electrons. The first-order chi connectivity index (χ1) is 21.7. The van der Waals surface area contributed by atoms with Crippen molar-refractivity contribution in [3.05, 3.63) is 137 Å². The molecular weight excluding hydrogens is 615 g/mol. The fraction of sp³-hybridized carbons (Fsp3) is 0.171. The van der Waals surface area contributed by atoms with Crippen LogP contribution in [0.4, 0.5) is 5.69 Å². The van der Waals surface area contributed by atoms with Gasteiger partial charge < -0.3 is 10.1 Å². The van der Waals surface area contributed by atoms with E-state index in [0.717, 1.165) is 4.90 Å². The predicted molar refractivity (Wildman–Crippen MR) is 166 cm³/mol. The topological polar surface area (TPSA) is 110 Å².